The SMILES string of the molecule is CC1=C(/C=C/C(C)C/C=C/C(C)C/C=C/C=C(C)/C=C/C=C(C)/C=C/C2=C(C)C(=O)C(OC(=O)CCCN(C)C)CC2(C)C)C(C)(C)CC(O)C1=O. The second kappa shape index (κ2) is 20.6. The summed E-state index contributed by atoms with van der Waals surface area (Å²) in [6, 6.07) is 0. The number of carbonyl (C=O) groups is 3. The van der Waals surface area contributed by atoms with Crippen molar-refractivity contribution in [1.82, 2.24) is 4.90 Å². The third-order valence-electron chi connectivity index (χ3n) is 10.1. The van der Waals surface area contributed by atoms with Gasteiger partial charge in [-0.1, -0.05) is 126 Å². The molecule has 0 heterocycles. The van der Waals surface area contributed by atoms with Gasteiger partial charge in [0.25, 0.3) is 0 Å². The van der Waals surface area contributed by atoms with Crippen molar-refractivity contribution in [3.8, 4) is 0 Å². The molecule has 0 aromatic carbocycles. The lowest BCUT2D eigenvalue weighted by atomic mass is 9.71. The van der Waals surface area contributed by atoms with Crippen LogP contribution in [-0.4, -0.2) is 60.4 Å². The Kier molecular flexibility index (Phi) is 17.6. The van der Waals surface area contributed by atoms with Gasteiger partial charge in [-0.2, -0.15) is 0 Å². The number of carbonyl (C=O) groups excluding carboxylic acids is 3. The number of aliphatic hydroxyl groups excluding tert-OH is 1. The van der Waals surface area contributed by atoms with E-state index in [0.29, 0.717) is 48.7 Å². The van der Waals surface area contributed by atoms with Crippen LogP contribution < -0.4 is 0 Å². The van der Waals surface area contributed by atoms with Crippen LogP contribution in [0.5, 0.6) is 0 Å². The molecule has 0 amide bonds. The Labute approximate surface area is 315 Å². The van der Waals surface area contributed by atoms with Gasteiger partial charge in [0.05, 0.1) is 0 Å². The highest BCUT2D eigenvalue weighted by Crippen LogP contribution is 2.41. The summed E-state index contributed by atoms with van der Waals surface area (Å²) < 4.78 is 5.63. The minimum Gasteiger partial charge on any atom is -0.454 e. The first kappa shape index (κ1) is 44.6. The topological polar surface area (TPSA) is 83.9 Å². The number of esters is 1. The van der Waals surface area contributed by atoms with Crippen molar-refractivity contribution < 1.29 is 24.2 Å². The van der Waals surface area contributed by atoms with Gasteiger partial charge in [-0.25, -0.2) is 0 Å². The van der Waals surface area contributed by atoms with Crippen molar-refractivity contribution in [3.63, 3.8) is 0 Å². The molecular weight excluding hydrogens is 647 g/mol. The smallest absolute Gasteiger partial charge is 0.306 e. The van der Waals surface area contributed by atoms with Crippen molar-refractivity contribution in [2.45, 2.75) is 120 Å². The highest BCUT2D eigenvalue weighted by molar-refractivity contribution is 6.02. The van der Waals surface area contributed by atoms with Crippen molar-refractivity contribution in [2.75, 3.05) is 20.6 Å². The molecule has 2 rings (SSSR count). The Hall–Kier alpha value is -3.61. The number of nitrogens with zero attached hydrogens (tertiary/aromatic N) is 1. The molecule has 0 spiro atoms. The predicted molar refractivity (Wildman–Crippen MR) is 217 cm³/mol. The summed E-state index contributed by atoms with van der Waals surface area (Å²) in [6.07, 6.45) is 27.7. The largest absolute Gasteiger partial charge is 0.454 e. The Morgan fingerprint density at radius 1 is 0.827 bits per heavy atom. The van der Waals surface area contributed by atoms with Crippen LogP contribution in [0.1, 0.15) is 108 Å². The van der Waals surface area contributed by atoms with Crippen molar-refractivity contribution >= 4 is 17.5 Å². The van der Waals surface area contributed by atoms with Crippen LogP contribution in [-0.2, 0) is 19.1 Å². The van der Waals surface area contributed by atoms with Crippen LogP contribution in [0, 0.1) is 22.7 Å². The summed E-state index contributed by atoms with van der Waals surface area (Å²) in [6.45, 7) is 21.4. The monoisotopic (exact) mass is 714 g/mol. The standard InChI is InChI=1S/C46H67NO5/c1-32(20-15-22-34(3)25-27-38-36(5)43(50)40(48)30-45(38,7)8)18-13-14-19-33(2)21-16-23-35(4)26-28-39-37(6)44(51)41(31-46(39,9)10)52-42(49)24-17-29-47(11)12/h13-16,19-21,23,25-28,32,34,40-41,48H,17-18,22,24,29-31H2,1-12H3/b14-13+,20-15+,21-16+,27-25+,28-26+,33-19+,35-23+. The van der Waals surface area contributed by atoms with E-state index >= 15 is 0 Å². The zero-order valence-corrected chi connectivity index (χ0v) is 34.2. The van der Waals surface area contributed by atoms with Crippen LogP contribution in [0.25, 0.3) is 0 Å². The van der Waals surface area contributed by atoms with Gasteiger partial charge < -0.3 is 14.7 Å². The average molecular weight is 714 g/mol. The Morgan fingerprint density at radius 2 is 1.38 bits per heavy atom. The van der Waals surface area contributed by atoms with Crippen molar-refractivity contribution in [2.24, 2.45) is 22.7 Å². The lowest BCUT2D eigenvalue weighted by Crippen LogP contribution is -2.39. The molecule has 6 heteroatoms. The van der Waals surface area contributed by atoms with Crippen molar-refractivity contribution in [1.29, 1.82) is 0 Å². The highest BCUT2D eigenvalue weighted by atomic mass is 16.5. The molecule has 286 valence electrons. The molecule has 2 aliphatic carbocycles. The molecule has 0 aromatic heterocycles. The second-order valence-corrected chi connectivity index (χ2v) is 16.5. The van der Waals surface area contributed by atoms with Gasteiger partial charge in [0, 0.05) is 12.8 Å². The maximum Gasteiger partial charge on any atom is 0.306 e. The summed E-state index contributed by atoms with van der Waals surface area (Å²) in [4.78, 5) is 39.8. The maximum absolute atomic E-state index is 13.1. The number of hydrogen-bond donors (Lipinski definition) is 1. The molecule has 0 aromatic rings. The third-order valence-corrected chi connectivity index (χ3v) is 10.1. The number of Topliss-reactive ketones (excluding diaryl/α,β-unsaturated/α-hetero) is 2. The van der Waals surface area contributed by atoms with E-state index < -0.39 is 12.2 Å². The van der Waals surface area contributed by atoms with Gasteiger partial charge in [-0.05, 0) is 119 Å². The summed E-state index contributed by atoms with van der Waals surface area (Å²) in [5, 5.41) is 10.1. The molecule has 4 unspecified atom stereocenters. The molecule has 52 heavy (non-hydrogen) atoms. The van der Waals surface area contributed by atoms with Gasteiger partial charge >= 0.3 is 5.97 Å². The van der Waals surface area contributed by atoms with E-state index in [0.717, 1.165) is 41.7 Å². The quantitative estimate of drug-likeness (QED) is 0.0918. The Bertz CT molecular complexity index is 1550. The molecule has 6 nitrogen and oxygen atoms in total. The third kappa shape index (κ3) is 14.4. The Balaban J connectivity index is 1.87. The minimum absolute atomic E-state index is 0.103. The van der Waals surface area contributed by atoms with E-state index in [9.17, 15) is 19.5 Å². The fourth-order valence-electron chi connectivity index (χ4n) is 6.81. The minimum atomic E-state index is -0.892. The molecule has 0 radical (unpaired) electrons. The van der Waals surface area contributed by atoms with E-state index in [-0.39, 0.29) is 28.4 Å². The van der Waals surface area contributed by atoms with E-state index in [1.807, 2.05) is 58.0 Å². The fraction of sp³-hybridized carbons (Fsp3) is 0.543. The number of aliphatic hydroxyl groups is 1. The van der Waals surface area contributed by atoms with Crippen LogP contribution in [0.15, 0.2) is 106 Å². The summed E-state index contributed by atoms with van der Waals surface area (Å²) in [5.74, 6) is 0.215. The van der Waals surface area contributed by atoms with Gasteiger partial charge in [-0.15, -0.1) is 0 Å². The van der Waals surface area contributed by atoms with Gasteiger partial charge in [0.2, 0.25) is 0 Å². The zero-order chi connectivity index (χ0) is 39.2. The summed E-state index contributed by atoms with van der Waals surface area (Å²) in [7, 11) is 3.94. The van der Waals surface area contributed by atoms with Gasteiger partial charge in [0.15, 0.2) is 17.7 Å². The zero-order valence-electron chi connectivity index (χ0n) is 34.2. The molecule has 2 aliphatic rings. The van der Waals surface area contributed by atoms with E-state index in [1.165, 1.54) is 0 Å². The molecule has 1 N–H and O–H groups in total. The normalized spacial score (nSPS) is 23.1. The molecule has 0 fully saturated rings. The number of rotatable bonds is 17. The van der Waals surface area contributed by atoms with Crippen LogP contribution in [0.3, 0.4) is 0 Å². The highest BCUT2D eigenvalue weighted by Gasteiger charge is 2.40. The number of hydrogen-bond acceptors (Lipinski definition) is 6. The molecule has 0 aliphatic heterocycles. The number of ether oxygens (including phenoxy) is 1. The first-order valence-electron chi connectivity index (χ1n) is 19.0. The molecular formula is C46H67NO5. The molecule has 0 bridgehead atoms. The van der Waals surface area contributed by atoms with E-state index in [4.69, 9.17) is 4.74 Å². The van der Waals surface area contributed by atoms with E-state index in [2.05, 4.69) is 103 Å². The average Bonchev–Trinajstić information content (AvgIpc) is 3.03. The number of ketones is 2. The second-order valence-electron chi connectivity index (χ2n) is 16.5. The fourth-order valence-corrected chi connectivity index (χ4v) is 6.81. The van der Waals surface area contributed by atoms with Crippen LogP contribution >= 0.6 is 0 Å². The summed E-state index contributed by atoms with van der Waals surface area (Å²) >= 11 is 0. The Morgan fingerprint density at radius 3 is 2.06 bits per heavy atom. The van der Waals surface area contributed by atoms with E-state index in [1.54, 1.807) is 0 Å². The van der Waals surface area contributed by atoms with Gasteiger partial charge in [-0.3, -0.25) is 14.4 Å². The van der Waals surface area contributed by atoms with Gasteiger partial charge in [0.1, 0.15) is 6.10 Å². The lowest BCUT2D eigenvalue weighted by Gasteiger charge is -2.36. The van der Waals surface area contributed by atoms with Crippen molar-refractivity contribution in [3.05, 3.63) is 106 Å². The summed E-state index contributed by atoms with van der Waals surface area (Å²) in [5.41, 5.74) is 5.06. The van der Waals surface area contributed by atoms with Crippen LogP contribution in [0.2, 0.25) is 0 Å². The maximum atomic E-state index is 13.1. The molecule has 0 saturated carbocycles. The molecule has 4 atom stereocenters. The molecule has 0 saturated heterocycles. The first-order valence-corrected chi connectivity index (χ1v) is 19.0. The first-order chi connectivity index (χ1) is 24.2. The lowest BCUT2D eigenvalue weighted by molar-refractivity contribution is -0.156. The van der Waals surface area contributed by atoms with Crippen LogP contribution in [0.4, 0.5) is 0 Å². The predicted octanol–water partition coefficient (Wildman–Crippen LogP) is 9.96. The number of allylic oxidation sites excluding steroid dienone is 16.